The third-order valence-corrected chi connectivity index (χ3v) is 4.07. The first-order valence-corrected chi connectivity index (χ1v) is 7.35. The van der Waals surface area contributed by atoms with Crippen molar-refractivity contribution in [1.29, 1.82) is 0 Å². The van der Waals surface area contributed by atoms with Crippen molar-refractivity contribution in [2.24, 2.45) is 0 Å². The van der Waals surface area contributed by atoms with E-state index in [9.17, 15) is 5.11 Å². The van der Waals surface area contributed by atoms with Gasteiger partial charge in [0.05, 0.1) is 6.10 Å². The number of fused-ring (bicyclic) bond motifs is 1. The van der Waals surface area contributed by atoms with E-state index in [1.807, 2.05) is 30.3 Å². The smallest absolute Gasteiger partial charge is 0.0851 e. The molecule has 0 fully saturated rings. The molecule has 1 unspecified atom stereocenters. The third-order valence-electron chi connectivity index (χ3n) is 3.49. The highest BCUT2D eigenvalue weighted by molar-refractivity contribution is 6.35. The van der Waals surface area contributed by atoms with Gasteiger partial charge in [0, 0.05) is 39.8 Å². The van der Waals surface area contributed by atoms with Crippen LogP contribution in [0.25, 0.3) is 10.8 Å². The summed E-state index contributed by atoms with van der Waals surface area (Å²) in [5.74, 6) is 0. The Morgan fingerprint density at radius 1 is 1.05 bits per heavy atom. The van der Waals surface area contributed by atoms with Gasteiger partial charge >= 0.3 is 0 Å². The average Bonchev–Trinajstić information content (AvgIpc) is 2.49. The summed E-state index contributed by atoms with van der Waals surface area (Å²) in [5, 5.41) is 13.7. The number of halogens is 2. The van der Waals surface area contributed by atoms with E-state index in [0.29, 0.717) is 16.5 Å². The number of aliphatic hydroxyl groups excluding tert-OH is 1. The van der Waals surface area contributed by atoms with Crippen LogP contribution in [0, 0.1) is 0 Å². The van der Waals surface area contributed by atoms with Gasteiger partial charge in [-0.3, -0.25) is 4.98 Å². The van der Waals surface area contributed by atoms with E-state index in [1.54, 1.807) is 24.5 Å². The Balaban J connectivity index is 1.95. The fourth-order valence-corrected chi connectivity index (χ4v) is 2.90. The van der Waals surface area contributed by atoms with Gasteiger partial charge in [-0.2, -0.15) is 0 Å². The summed E-state index contributed by atoms with van der Waals surface area (Å²) in [7, 11) is 0. The van der Waals surface area contributed by atoms with Crippen LogP contribution >= 0.6 is 23.2 Å². The lowest BCUT2D eigenvalue weighted by molar-refractivity contribution is 0.179. The van der Waals surface area contributed by atoms with Gasteiger partial charge in [0.2, 0.25) is 0 Å². The highest BCUT2D eigenvalue weighted by atomic mass is 35.5. The molecule has 0 aliphatic heterocycles. The topological polar surface area (TPSA) is 33.1 Å². The second-order valence-electron chi connectivity index (χ2n) is 4.91. The highest BCUT2D eigenvalue weighted by Gasteiger charge is 2.14. The van der Waals surface area contributed by atoms with Crippen molar-refractivity contribution in [3.8, 4) is 0 Å². The summed E-state index contributed by atoms with van der Waals surface area (Å²) < 4.78 is 0. The molecule has 3 aromatic rings. The fraction of sp³-hybridized carbons (Fsp3) is 0.118. The van der Waals surface area contributed by atoms with Crippen molar-refractivity contribution in [1.82, 2.24) is 4.98 Å². The molecule has 0 saturated heterocycles. The summed E-state index contributed by atoms with van der Waals surface area (Å²) in [6.07, 6.45) is 3.26. The summed E-state index contributed by atoms with van der Waals surface area (Å²) in [6.45, 7) is 0. The number of aliphatic hydroxyl groups is 1. The van der Waals surface area contributed by atoms with Crippen LogP contribution in [0.2, 0.25) is 10.0 Å². The fourth-order valence-electron chi connectivity index (χ4n) is 2.41. The molecule has 0 spiro atoms. The van der Waals surface area contributed by atoms with Crippen LogP contribution in [-0.4, -0.2) is 10.1 Å². The number of benzene rings is 2. The van der Waals surface area contributed by atoms with Gasteiger partial charge in [0.1, 0.15) is 0 Å². The van der Waals surface area contributed by atoms with Crippen LogP contribution < -0.4 is 0 Å². The zero-order valence-electron chi connectivity index (χ0n) is 11.1. The van der Waals surface area contributed by atoms with Crippen LogP contribution in [-0.2, 0) is 6.42 Å². The van der Waals surface area contributed by atoms with E-state index >= 15 is 0 Å². The van der Waals surface area contributed by atoms with E-state index in [-0.39, 0.29) is 0 Å². The van der Waals surface area contributed by atoms with Crippen molar-refractivity contribution in [2.45, 2.75) is 12.5 Å². The second kappa shape index (κ2) is 6.02. The zero-order valence-corrected chi connectivity index (χ0v) is 12.6. The van der Waals surface area contributed by atoms with Gasteiger partial charge in [-0.05, 0) is 23.1 Å². The molecule has 2 nitrogen and oxygen atoms in total. The number of nitrogens with zero attached hydrogens (tertiary/aromatic N) is 1. The molecule has 0 aliphatic carbocycles. The van der Waals surface area contributed by atoms with E-state index < -0.39 is 6.10 Å². The second-order valence-corrected chi connectivity index (χ2v) is 5.75. The molecular weight excluding hydrogens is 305 g/mol. The van der Waals surface area contributed by atoms with E-state index in [1.165, 1.54) is 0 Å². The van der Waals surface area contributed by atoms with Crippen molar-refractivity contribution in [3.63, 3.8) is 0 Å². The maximum atomic E-state index is 10.5. The Morgan fingerprint density at radius 3 is 2.67 bits per heavy atom. The average molecular weight is 318 g/mol. The predicted octanol–water partition coefficient (Wildman–Crippen LogP) is 4.82. The lowest BCUT2D eigenvalue weighted by Gasteiger charge is -2.14. The third kappa shape index (κ3) is 3.03. The lowest BCUT2D eigenvalue weighted by Crippen LogP contribution is -2.03. The quantitative estimate of drug-likeness (QED) is 0.751. The number of pyridine rings is 1. The number of aromatic nitrogens is 1. The Labute approximate surface area is 133 Å². The van der Waals surface area contributed by atoms with Gasteiger partial charge in [0.15, 0.2) is 0 Å². The first kappa shape index (κ1) is 14.3. The van der Waals surface area contributed by atoms with Crippen LogP contribution in [0.3, 0.4) is 0 Å². The molecule has 106 valence electrons. The summed E-state index contributed by atoms with van der Waals surface area (Å²) in [6, 6.07) is 13.2. The van der Waals surface area contributed by atoms with E-state index in [0.717, 1.165) is 21.9 Å². The van der Waals surface area contributed by atoms with Gasteiger partial charge in [0.25, 0.3) is 0 Å². The van der Waals surface area contributed by atoms with E-state index in [2.05, 4.69) is 4.98 Å². The molecule has 2 aromatic carbocycles. The molecule has 3 rings (SSSR count). The summed E-state index contributed by atoms with van der Waals surface area (Å²) in [5.41, 5.74) is 1.67. The zero-order chi connectivity index (χ0) is 14.8. The van der Waals surface area contributed by atoms with Gasteiger partial charge in [-0.25, -0.2) is 0 Å². The maximum Gasteiger partial charge on any atom is 0.0851 e. The lowest BCUT2D eigenvalue weighted by atomic mass is 9.98. The SMILES string of the molecule is OC(Cc1ccc(Cl)cc1Cl)c1cncc2ccccc12. The highest BCUT2D eigenvalue weighted by Crippen LogP contribution is 2.29. The molecule has 21 heavy (non-hydrogen) atoms. The molecular formula is C17H13Cl2NO. The van der Waals surface area contributed by atoms with Crippen molar-refractivity contribution in [3.05, 3.63) is 76.0 Å². The number of hydrogen-bond acceptors (Lipinski definition) is 2. The molecule has 0 aliphatic rings. The Kier molecular flexibility index (Phi) is 4.11. The van der Waals surface area contributed by atoms with Crippen LogP contribution in [0.5, 0.6) is 0 Å². The minimum absolute atomic E-state index is 0.422. The maximum absolute atomic E-state index is 10.5. The van der Waals surface area contributed by atoms with Crippen LogP contribution in [0.1, 0.15) is 17.2 Å². The number of hydrogen-bond donors (Lipinski definition) is 1. The van der Waals surface area contributed by atoms with Crippen molar-refractivity contribution >= 4 is 34.0 Å². The first-order valence-electron chi connectivity index (χ1n) is 6.60. The minimum atomic E-state index is -0.665. The molecule has 4 heteroatoms. The standard InChI is InChI=1S/C17H13Cl2NO/c18-13-6-5-11(16(19)8-13)7-17(21)15-10-20-9-12-3-1-2-4-14(12)15/h1-6,8-10,17,21H,7H2. The van der Waals surface area contributed by atoms with Crippen molar-refractivity contribution < 1.29 is 5.11 Å². The molecule has 0 amide bonds. The van der Waals surface area contributed by atoms with Crippen LogP contribution in [0.15, 0.2) is 54.9 Å². The predicted molar refractivity (Wildman–Crippen MR) is 86.9 cm³/mol. The first-order chi connectivity index (χ1) is 10.1. The Hall–Kier alpha value is -1.61. The monoisotopic (exact) mass is 317 g/mol. The van der Waals surface area contributed by atoms with E-state index in [4.69, 9.17) is 23.2 Å². The molecule has 0 radical (unpaired) electrons. The molecule has 1 atom stereocenters. The Bertz CT molecular complexity index is 783. The normalized spacial score (nSPS) is 12.5. The summed E-state index contributed by atoms with van der Waals surface area (Å²) >= 11 is 12.1. The summed E-state index contributed by atoms with van der Waals surface area (Å²) in [4.78, 5) is 4.20. The molecule has 0 saturated carbocycles. The Morgan fingerprint density at radius 2 is 1.86 bits per heavy atom. The molecule has 0 bridgehead atoms. The van der Waals surface area contributed by atoms with Gasteiger partial charge in [-0.1, -0.05) is 53.5 Å². The molecule has 1 aromatic heterocycles. The molecule has 1 N–H and O–H groups in total. The largest absolute Gasteiger partial charge is 0.388 e. The van der Waals surface area contributed by atoms with Gasteiger partial charge in [-0.15, -0.1) is 0 Å². The molecule has 1 heterocycles. The van der Waals surface area contributed by atoms with Gasteiger partial charge < -0.3 is 5.11 Å². The van der Waals surface area contributed by atoms with Crippen molar-refractivity contribution in [2.75, 3.05) is 0 Å². The minimum Gasteiger partial charge on any atom is -0.388 e. The number of rotatable bonds is 3. The van der Waals surface area contributed by atoms with Crippen LogP contribution in [0.4, 0.5) is 0 Å².